The highest BCUT2D eigenvalue weighted by Crippen LogP contribution is 2.27. The summed E-state index contributed by atoms with van der Waals surface area (Å²) >= 11 is 9.08. The van der Waals surface area contributed by atoms with E-state index in [0.29, 0.717) is 20.7 Å². The number of anilines is 1. The van der Waals surface area contributed by atoms with Gasteiger partial charge in [-0.15, -0.1) is 0 Å². The SMILES string of the molecule is CC(C)NC(=O)c1cc(Cl)cc(Br)c1N. The molecule has 0 saturated heterocycles. The Bertz CT molecular complexity index is 393. The first-order valence-electron chi connectivity index (χ1n) is 4.47. The average Bonchev–Trinajstić information content (AvgIpc) is 2.09. The molecule has 0 heterocycles. The molecule has 1 amide bonds. The molecule has 0 radical (unpaired) electrons. The van der Waals surface area contributed by atoms with Gasteiger partial charge in [0.15, 0.2) is 0 Å². The summed E-state index contributed by atoms with van der Waals surface area (Å²) in [7, 11) is 0. The predicted octanol–water partition coefficient (Wildman–Crippen LogP) is 2.82. The van der Waals surface area contributed by atoms with Crippen LogP contribution in [0.4, 0.5) is 5.69 Å². The van der Waals surface area contributed by atoms with E-state index in [0.717, 1.165) is 0 Å². The second kappa shape index (κ2) is 4.86. The fraction of sp³-hybridized carbons (Fsp3) is 0.300. The van der Waals surface area contributed by atoms with Gasteiger partial charge in [-0.05, 0) is 41.9 Å². The van der Waals surface area contributed by atoms with Crippen LogP contribution in [0.3, 0.4) is 0 Å². The van der Waals surface area contributed by atoms with E-state index in [-0.39, 0.29) is 11.9 Å². The van der Waals surface area contributed by atoms with E-state index >= 15 is 0 Å². The van der Waals surface area contributed by atoms with E-state index in [9.17, 15) is 4.79 Å². The van der Waals surface area contributed by atoms with Gasteiger partial charge in [-0.3, -0.25) is 4.79 Å². The van der Waals surface area contributed by atoms with Crippen LogP contribution in [-0.4, -0.2) is 11.9 Å². The molecule has 0 aromatic heterocycles. The van der Waals surface area contributed by atoms with Gasteiger partial charge in [-0.25, -0.2) is 0 Å². The number of carbonyl (C=O) groups excluding carboxylic acids is 1. The zero-order chi connectivity index (χ0) is 11.6. The molecule has 0 spiro atoms. The van der Waals surface area contributed by atoms with Gasteiger partial charge in [0.05, 0.1) is 11.3 Å². The molecule has 3 N–H and O–H groups in total. The topological polar surface area (TPSA) is 55.1 Å². The number of nitrogens with one attached hydrogen (secondary N) is 1. The molecule has 0 bridgehead atoms. The largest absolute Gasteiger partial charge is 0.397 e. The van der Waals surface area contributed by atoms with E-state index in [1.165, 1.54) is 0 Å². The Morgan fingerprint density at radius 3 is 2.67 bits per heavy atom. The van der Waals surface area contributed by atoms with Crippen molar-refractivity contribution >= 4 is 39.1 Å². The highest BCUT2D eigenvalue weighted by Gasteiger charge is 2.13. The van der Waals surface area contributed by atoms with Crippen molar-refractivity contribution in [1.82, 2.24) is 5.32 Å². The molecule has 0 fully saturated rings. The molecule has 0 aliphatic rings. The minimum atomic E-state index is -0.217. The second-order valence-corrected chi connectivity index (χ2v) is 4.77. The predicted molar refractivity (Wildman–Crippen MR) is 66.2 cm³/mol. The second-order valence-electron chi connectivity index (χ2n) is 3.48. The normalized spacial score (nSPS) is 10.5. The van der Waals surface area contributed by atoms with Crippen molar-refractivity contribution < 1.29 is 4.79 Å². The van der Waals surface area contributed by atoms with Crippen LogP contribution in [0.5, 0.6) is 0 Å². The standard InChI is InChI=1S/C10H12BrClN2O/c1-5(2)14-10(15)7-3-6(12)4-8(11)9(7)13/h3-5H,13H2,1-2H3,(H,14,15). The third-order valence-electron chi connectivity index (χ3n) is 1.76. The third kappa shape index (κ3) is 3.11. The highest BCUT2D eigenvalue weighted by atomic mass is 79.9. The summed E-state index contributed by atoms with van der Waals surface area (Å²) in [6.07, 6.45) is 0. The van der Waals surface area contributed by atoms with Crippen molar-refractivity contribution in [3.8, 4) is 0 Å². The number of benzene rings is 1. The van der Waals surface area contributed by atoms with Crippen molar-refractivity contribution in [3.63, 3.8) is 0 Å². The summed E-state index contributed by atoms with van der Waals surface area (Å²) in [5, 5.41) is 3.23. The lowest BCUT2D eigenvalue weighted by Gasteiger charge is -2.11. The minimum absolute atomic E-state index is 0.0645. The first-order valence-corrected chi connectivity index (χ1v) is 5.64. The molecular formula is C10H12BrClN2O. The first kappa shape index (κ1) is 12.3. The van der Waals surface area contributed by atoms with Crippen LogP contribution in [0.15, 0.2) is 16.6 Å². The Morgan fingerprint density at radius 2 is 2.13 bits per heavy atom. The van der Waals surface area contributed by atoms with Crippen molar-refractivity contribution in [1.29, 1.82) is 0 Å². The lowest BCUT2D eigenvalue weighted by atomic mass is 10.1. The van der Waals surface area contributed by atoms with E-state index in [1.807, 2.05) is 13.8 Å². The molecule has 15 heavy (non-hydrogen) atoms. The number of hydrogen-bond acceptors (Lipinski definition) is 2. The molecule has 5 heteroatoms. The number of halogens is 2. The summed E-state index contributed by atoms with van der Waals surface area (Å²) in [5.74, 6) is -0.217. The van der Waals surface area contributed by atoms with Crippen molar-refractivity contribution in [2.24, 2.45) is 0 Å². The number of carbonyl (C=O) groups is 1. The van der Waals surface area contributed by atoms with Gasteiger partial charge in [0.1, 0.15) is 0 Å². The summed E-state index contributed by atoms with van der Waals surface area (Å²) in [6.45, 7) is 3.77. The fourth-order valence-corrected chi connectivity index (χ4v) is 1.92. The Morgan fingerprint density at radius 1 is 1.53 bits per heavy atom. The quantitative estimate of drug-likeness (QED) is 0.823. The monoisotopic (exact) mass is 290 g/mol. The van der Waals surface area contributed by atoms with E-state index in [4.69, 9.17) is 17.3 Å². The van der Waals surface area contributed by atoms with Crippen LogP contribution in [0.25, 0.3) is 0 Å². The molecule has 3 nitrogen and oxygen atoms in total. The van der Waals surface area contributed by atoms with E-state index < -0.39 is 0 Å². The molecule has 0 unspecified atom stereocenters. The van der Waals surface area contributed by atoms with Gasteiger partial charge in [-0.1, -0.05) is 11.6 Å². The fourth-order valence-electron chi connectivity index (χ4n) is 1.11. The molecular weight excluding hydrogens is 279 g/mol. The first-order chi connectivity index (χ1) is 6.91. The lowest BCUT2D eigenvalue weighted by molar-refractivity contribution is 0.0944. The summed E-state index contributed by atoms with van der Waals surface area (Å²) in [4.78, 5) is 11.7. The summed E-state index contributed by atoms with van der Waals surface area (Å²) in [6, 6.07) is 3.28. The van der Waals surface area contributed by atoms with Crippen LogP contribution in [0.2, 0.25) is 5.02 Å². The lowest BCUT2D eigenvalue weighted by Crippen LogP contribution is -2.30. The maximum absolute atomic E-state index is 11.7. The van der Waals surface area contributed by atoms with Gasteiger partial charge >= 0.3 is 0 Å². The molecule has 1 aromatic rings. The number of nitrogen functional groups attached to an aromatic ring is 1. The van der Waals surface area contributed by atoms with Gasteiger partial charge in [0.2, 0.25) is 0 Å². The van der Waals surface area contributed by atoms with Crippen LogP contribution >= 0.6 is 27.5 Å². The van der Waals surface area contributed by atoms with Crippen molar-refractivity contribution in [2.45, 2.75) is 19.9 Å². The Labute approximate surface area is 102 Å². The smallest absolute Gasteiger partial charge is 0.253 e. The Balaban J connectivity index is 3.08. The van der Waals surface area contributed by atoms with Crippen LogP contribution in [0, 0.1) is 0 Å². The Kier molecular flexibility index (Phi) is 3.99. The van der Waals surface area contributed by atoms with E-state index in [1.54, 1.807) is 12.1 Å². The van der Waals surface area contributed by atoms with Crippen molar-refractivity contribution in [3.05, 3.63) is 27.2 Å². The molecule has 1 aromatic carbocycles. The van der Waals surface area contributed by atoms with E-state index in [2.05, 4.69) is 21.2 Å². The molecule has 0 aliphatic carbocycles. The van der Waals surface area contributed by atoms with Crippen LogP contribution < -0.4 is 11.1 Å². The van der Waals surface area contributed by atoms with Gasteiger partial charge in [0.25, 0.3) is 5.91 Å². The molecule has 0 atom stereocenters. The number of rotatable bonds is 2. The zero-order valence-electron chi connectivity index (χ0n) is 8.47. The van der Waals surface area contributed by atoms with Crippen LogP contribution in [0.1, 0.15) is 24.2 Å². The third-order valence-corrected chi connectivity index (χ3v) is 2.63. The molecule has 0 aliphatic heterocycles. The molecule has 1 rings (SSSR count). The van der Waals surface area contributed by atoms with Gasteiger partial charge in [-0.2, -0.15) is 0 Å². The average molecular weight is 292 g/mol. The maximum atomic E-state index is 11.7. The van der Waals surface area contributed by atoms with Gasteiger partial charge in [0, 0.05) is 15.5 Å². The number of amides is 1. The molecule has 82 valence electrons. The van der Waals surface area contributed by atoms with Crippen molar-refractivity contribution in [2.75, 3.05) is 5.73 Å². The van der Waals surface area contributed by atoms with Gasteiger partial charge < -0.3 is 11.1 Å². The summed E-state index contributed by atoms with van der Waals surface area (Å²) < 4.78 is 0.629. The zero-order valence-corrected chi connectivity index (χ0v) is 10.8. The Hall–Kier alpha value is -0.740. The summed E-state index contributed by atoms with van der Waals surface area (Å²) in [5.41, 5.74) is 6.55. The number of hydrogen-bond donors (Lipinski definition) is 2. The molecule has 0 saturated carbocycles. The minimum Gasteiger partial charge on any atom is -0.397 e. The maximum Gasteiger partial charge on any atom is 0.253 e. The van der Waals surface area contributed by atoms with Crippen LogP contribution in [-0.2, 0) is 0 Å². The highest BCUT2D eigenvalue weighted by molar-refractivity contribution is 9.10. The number of nitrogens with two attached hydrogens (primary N) is 1.